The Morgan fingerprint density at radius 1 is 0.974 bits per heavy atom. The van der Waals surface area contributed by atoms with Gasteiger partial charge in [-0.05, 0) is 98.0 Å². The Hall–Kier alpha value is -3.98. The summed E-state index contributed by atoms with van der Waals surface area (Å²) in [6, 6.07) is 15.9. The molecule has 192 valence electrons. The van der Waals surface area contributed by atoms with Gasteiger partial charge in [0.25, 0.3) is 0 Å². The molecule has 0 spiro atoms. The van der Waals surface area contributed by atoms with E-state index in [1.165, 1.54) is 24.3 Å². The smallest absolute Gasteiger partial charge is 0.191 e. The summed E-state index contributed by atoms with van der Waals surface area (Å²) < 4.78 is 56.0. The molecule has 0 saturated heterocycles. The molecule has 2 aromatic heterocycles. The maximum atomic E-state index is 14.1. The second-order valence-electron chi connectivity index (χ2n) is 9.78. The van der Waals surface area contributed by atoms with Crippen LogP contribution in [0.2, 0.25) is 0 Å². The molecule has 2 heterocycles. The number of hydrogen-bond acceptors (Lipinski definition) is 5. The van der Waals surface area contributed by atoms with Gasteiger partial charge in [0.1, 0.15) is 17.3 Å². The molecular formula is C29H23F2N3O3S. The number of Topliss-reactive ketones (excluding diaryl/α,β-unsaturated/α-hetero) is 1. The van der Waals surface area contributed by atoms with E-state index in [0.29, 0.717) is 18.5 Å². The van der Waals surface area contributed by atoms with E-state index in [1.54, 1.807) is 47.4 Å². The van der Waals surface area contributed by atoms with Crippen LogP contribution < -0.4 is 0 Å². The summed E-state index contributed by atoms with van der Waals surface area (Å²) in [5.41, 5.74) is 2.25. The van der Waals surface area contributed by atoms with Crippen molar-refractivity contribution in [2.75, 3.05) is 0 Å². The van der Waals surface area contributed by atoms with Gasteiger partial charge in [-0.2, -0.15) is 5.10 Å². The van der Waals surface area contributed by atoms with Gasteiger partial charge in [0.2, 0.25) is 0 Å². The van der Waals surface area contributed by atoms with E-state index in [-0.39, 0.29) is 35.0 Å². The summed E-state index contributed by atoms with van der Waals surface area (Å²) in [5, 5.41) is 3.68. The number of benzene rings is 2. The fourth-order valence-corrected chi connectivity index (χ4v) is 7.51. The number of allylic oxidation sites excluding steroid dienone is 1. The molecule has 2 atom stereocenters. The maximum Gasteiger partial charge on any atom is 0.191 e. The molecule has 2 aliphatic carbocycles. The summed E-state index contributed by atoms with van der Waals surface area (Å²) in [6.45, 7) is 0. The molecule has 6 nitrogen and oxygen atoms in total. The van der Waals surface area contributed by atoms with Crippen LogP contribution in [0.4, 0.5) is 8.78 Å². The Bertz CT molecular complexity index is 1660. The van der Waals surface area contributed by atoms with Crippen molar-refractivity contribution < 1.29 is 22.0 Å². The number of sulfone groups is 1. The molecule has 6 rings (SSSR count). The predicted molar refractivity (Wildman–Crippen MR) is 137 cm³/mol. The average molecular weight is 532 g/mol. The van der Waals surface area contributed by atoms with E-state index in [0.717, 1.165) is 29.0 Å². The Labute approximate surface area is 218 Å². The topological polar surface area (TPSA) is 81.9 Å². The highest BCUT2D eigenvalue weighted by Gasteiger charge is 2.52. The van der Waals surface area contributed by atoms with Gasteiger partial charge in [0, 0.05) is 6.20 Å². The van der Waals surface area contributed by atoms with Crippen molar-refractivity contribution in [1.29, 1.82) is 0 Å². The number of nitrogens with zero attached hydrogens (tertiary/aromatic N) is 3. The summed E-state index contributed by atoms with van der Waals surface area (Å²) in [6.07, 6.45) is 6.20. The molecular weight excluding hydrogens is 508 g/mol. The van der Waals surface area contributed by atoms with Gasteiger partial charge in [-0.1, -0.05) is 11.6 Å². The number of fused-ring (bicyclic) bond motifs is 2. The fourth-order valence-electron chi connectivity index (χ4n) is 5.68. The minimum absolute atomic E-state index is 0.0393. The third-order valence-electron chi connectivity index (χ3n) is 7.60. The molecule has 0 amide bonds. The first-order chi connectivity index (χ1) is 18.3. The van der Waals surface area contributed by atoms with Crippen molar-refractivity contribution in [2.24, 2.45) is 5.41 Å². The van der Waals surface area contributed by atoms with Crippen LogP contribution in [0.5, 0.6) is 0 Å². The zero-order chi connectivity index (χ0) is 26.5. The van der Waals surface area contributed by atoms with E-state index in [4.69, 9.17) is 0 Å². The molecule has 9 heteroatoms. The van der Waals surface area contributed by atoms with Crippen molar-refractivity contribution >= 4 is 21.7 Å². The summed E-state index contributed by atoms with van der Waals surface area (Å²) >= 11 is 0. The highest BCUT2D eigenvalue weighted by Crippen LogP contribution is 2.51. The SMILES string of the molecule is O=C(c1ccccn1)[C@]12Cc3cnn(-c4ccc(F)cc4)c3C=C1CC[C@@H](S(=O)(=O)c1ccc(F)cc1)C2. The van der Waals surface area contributed by atoms with Crippen molar-refractivity contribution in [3.63, 3.8) is 0 Å². The number of halogens is 2. The number of carbonyl (C=O) groups is 1. The number of pyridine rings is 1. The largest absolute Gasteiger partial charge is 0.291 e. The standard InChI is InChI=1S/C29H23F2N3O3S/c30-21-5-9-23(10-6-21)34-27-15-20-4-11-25(38(36,37)24-12-7-22(31)8-13-24)17-29(20,16-19(27)18-33-34)28(35)26-3-1-2-14-32-26/h1-3,5-10,12-15,18,25H,4,11,16-17H2/t25-,29+/m1/s1. The normalized spacial score (nSPS) is 20.8. The van der Waals surface area contributed by atoms with E-state index < -0.39 is 26.3 Å². The first kappa shape index (κ1) is 24.4. The molecule has 2 aliphatic rings. The van der Waals surface area contributed by atoms with Crippen molar-refractivity contribution in [2.45, 2.75) is 35.8 Å². The molecule has 0 N–H and O–H groups in total. The summed E-state index contributed by atoms with van der Waals surface area (Å²) in [4.78, 5) is 18.4. The first-order valence-electron chi connectivity index (χ1n) is 12.3. The maximum absolute atomic E-state index is 14.1. The van der Waals surface area contributed by atoms with Gasteiger partial charge in [-0.3, -0.25) is 9.78 Å². The number of rotatable bonds is 5. The van der Waals surface area contributed by atoms with Gasteiger partial charge in [0.15, 0.2) is 15.6 Å². The van der Waals surface area contributed by atoms with Crippen molar-refractivity contribution in [3.05, 3.63) is 113 Å². The minimum Gasteiger partial charge on any atom is -0.291 e. The molecule has 1 fully saturated rings. The Kier molecular flexibility index (Phi) is 5.83. The molecule has 1 saturated carbocycles. The predicted octanol–water partition coefficient (Wildman–Crippen LogP) is 5.38. The second kappa shape index (κ2) is 9.09. The van der Waals surface area contributed by atoms with E-state index in [1.807, 2.05) is 6.08 Å². The molecule has 0 aliphatic heterocycles. The van der Waals surface area contributed by atoms with Crippen LogP contribution in [-0.2, 0) is 16.3 Å². The lowest BCUT2D eigenvalue weighted by Crippen LogP contribution is -2.45. The average Bonchev–Trinajstić information content (AvgIpc) is 3.34. The Morgan fingerprint density at radius 2 is 1.68 bits per heavy atom. The van der Waals surface area contributed by atoms with Gasteiger partial charge >= 0.3 is 0 Å². The van der Waals surface area contributed by atoms with E-state index in [2.05, 4.69) is 10.1 Å². The monoisotopic (exact) mass is 531 g/mol. The second-order valence-corrected chi connectivity index (χ2v) is 12.0. The lowest BCUT2D eigenvalue weighted by molar-refractivity contribution is 0.0796. The number of carbonyl (C=O) groups excluding carboxylic acids is 1. The van der Waals surface area contributed by atoms with Gasteiger partial charge in [-0.15, -0.1) is 0 Å². The molecule has 0 bridgehead atoms. The lowest BCUT2D eigenvalue weighted by atomic mass is 9.61. The number of ketones is 1. The van der Waals surface area contributed by atoms with Gasteiger partial charge in [-0.25, -0.2) is 21.9 Å². The Balaban J connectivity index is 1.45. The van der Waals surface area contributed by atoms with E-state index >= 15 is 0 Å². The third-order valence-corrected chi connectivity index (χ3v) is 9.81. The molecule has 0 unspecified atom stereocenters. The number of aromatic nitrogens is 3. The number of hydrogen-bond donors (Lipinski definition) is 0. The fraction of sp³-hybridized carbons (Fsp3) is 0.207. The Morgan fingerprint density at radius 3 is 2.37 bits per heavy atom. The molecule has 4 aromatic rings. The first-order valence-corrected chi connectivity index (χ1v) is 13.8. The van der Waals surface area contributed by atoms with Crippen LogP contribution in [0.3, 0.4) is 0 Å². The molecule has 0 radical (unpaired) electrons. The van der Waals surface area contributed by atoms with Crippen LogP contribution >= 0.6 is 0 Å². The van der Waals surface area contributed by atoms with E-state index in [9.17, 15) is 22.0 Å². The zero-order valence-electron chi connectivity index (χ0n) is 20.2. The van der Waals surface area contributed by atoms with Crippen molar-refractivity contribution in [1.82, 2.24) is 14.8 Å². The van der Waals surface area contributed by atoms with Gasteiger partial charge < -0.3 is 0 Å². The van der Waals surface area contributed by atoms with Crippen LogP contribution in [0.25, 0.3) is 11.8 Å². The summed E-state index contributed by atoms with van der Waals surface area (Å²) in [5.74, 6) is -1.10. The highest BCUT2D eigenvalue weighted by molar-refractivity contribution is 7.92. The molecule has 38 heavy (non-hydrogen) atoms. The lowest BCUT2D eigenvalue weighted by Gasteiger charge is -2.43. The van der Waals surface area contributed by atoms with Gasteiger partial charge in [0.05, 0.1) is 33.1 Å². The third kappa shape index (κ3) is 3.98. The van der Waals surface area contributed by atoms with Crippen LogP contribution in [0.15, 0.2) is 89.6 Å². The quantitative estimate of drug-likeness (QED) is 0.255. The highest BCUT2D eigenvalue weighted by atomic mass is 32.2. The van der Waals surface area contributed by atoms with Crippen LogP contribution in [-0.4, -0.2) is 34.2 Å². The van der Waals surface area contributed by atoms with Crippen LogP contribution in [0.1, 0.15) is 41.0 Å². The minimum atomic E-state index is -3.83. The zero-order valence-corrected chi connectivity index (χ0v) is 21.0. The van der Waals surface area contributed by atoms with Crippen molar-refractivity contribution in [3.8, 4) is 5.69 Å². The molecule has 2 aromatic carbocycles. The van der Waals surface area contributed by atoms with Crippen LogP contribution in [0, 0.1) is 17.0 Å². The summed E-state index contributed by atoms with van der Waals surface area (Å²) in [7, 11) is -3.83.